The third kappa shape index (κ3) is 9.71. The summed E-state index contributed by atoms with van der Waals surface area (Å²) in [5, 5.41) is 9.89. The molecule has 8 aromatic rings. The van der Waals surface area contributed by atoms with E-state index in [9.17, 15) is 0 Å². The van der Waals surface area contributed by atoms with Crippen molar-refractivity contribution >= 4 is 47.6 Å². The summed E-state index contributed by atoms with van der Waals surface area (Å²) in [6.07, 6.45) is 31.6. The summed E-state index contributed by atoms with van der Waals surface area (Å²) >= 11 is 0. The van der Waals surface area contributed by atoms with Crippen LogP contribution in [0.2, 0.25) is 0 Å². The molecule has 0 fully saturated rings. The van der Waals surface area contributed by atoms with E-state index in [0.29, 0.717) is 0 Å². The minimum Gasteiger partial charge on any atom is -0.355 e. The van der Waals surface area contributed by atoms with Gasteiger partial charge in [0.2, 0.25) is 0 Å². The van der Waals surface area contributed by atoms with Gasteiger partial charge in [-0.2, -0.15) is 0 Å². The zero-order valence-electron chi connectivity index (χ0n) is 53.2. The predicted octanol–water partition coefficient (Wildman–Crippen LogP) is 10.8. The lowest BCUT2D eigenvalue weighted by Crippen LogP contribution is -2.20. The van der Waals surface area contributed by atoms with E-state index >= 15 is 0 Å². The fraction of sp³-hybridized carbons (Fsp3) is 0.459. The molecular weight excluding hydrogens is 1000 g/mol. The number of H-pyrrole nitrogens is 8. The van der Waals surface area contributed by atoms with Gasteiger partial charge in [-0.1, -0.05) is 111 Å². The number of hydrogen-bond acceptors (Lipinski definition) is 0. The molecule has 0 radical (unpaired) electrons. The van der Waals surface area contributed by atoms with Crippen molar-refractivity contribution in [3.05, 3.63) is 177 Å². The molecule has 0 saturated heterocycles. The van der Waals surface area contributed by atoms with E-state index < -0.39 is 0 Å². The first kappa shape index (κ1) is 58.4. The van der Waals surface area contributed by atoms with Gasteiger partial charge in [-0.25, -0.2) is 0 Å². The number of hydrogen-bond donors (Lipinski definition) is 8. The Labute approximate surface area is 488 Å². The van der Waals surface area contributed by atoms with Crippen molar-refractivity contribution in [2.75, 3.05) is 0 Å². The van der Waals surface area contributed by atoms with Gasteiger partial charge in [0.05, 0.1) is 0 Å². The second-order valence-electron chi connectivity index (χ2n) is 23.1. The van der Waals surface area contributed by atoms with E-state index in [0.717, 1.165) is 116 Å². The van der Waals surface area contributed by atoms with Crippen LogP contribution in [0, 0.1) is 0 Å². The first-order valence-corrected chi connectivity index (χ1v) is 32.6. The average molecular weight is 1100 g/mol. The maximum atomic E-state index is 4.29. The maximum Gasteiger partial charge on any atom is 0.0473 e. The van der Waals surface area contributed by atoms with Crippen molar-refractivity contribution in [3.63, 3.8) is 0 Å². The average Bonchev–Trinajstić information content (AvgIpc) is 3.87. The predicted molar refractivity (Wildman–Crippen MR) is 349 cm³/mol. The first-order valence-electron chi connectivity index (χ1n) is 32.6. The van der Waals surface area contributed by atoms with Gasteiger partial charge in [-0.05, 0) is 252 Å². The fourth-order valence-corrected chi connectivity index (χ4v) is 15.7. The van der Waals surface area contributed by atoms with Gasteiger partial charge in [0.25, 0.3) is 0 Å². The fourth-order valence-electron chi connectivity index (χ4n) is 15.7. The molecular formula is C74H98N8. The molecule has 0 unspecified atom stereocenters. The highest BCUT2D eigenvalue weighted by Crippen LogP contribution is 2.34. The quantitative estimate of drug-likeness (QED) is 0.0393. The molecule has 16 bridgehead atoms. The highest BCUT2D eigenvalue weighted by molar-refractivity contribution is 5.77. The molecule has 0 spiro atoms. The monoisotopic (exact) mass is 1100 g/mol. The van der Waals surface area contributed by atoms with Crippen molar-refractivity contribution < 1.29 is 0 Å². The molecule has 10 rings (SSSR count). The molecule has 2 aliphatic rings. The summed E-state index contributed by atoms with van der Waals surface area (Å²) < 4.78 is 0. The molecule has 8 heteroatoms. The van der Waals surface area contributed by atoms with Crippen LogP contribution in [0.5, 0.6) is 0 Å². The van der Waals surface area contributed by atoms with Gasteiger partial charge in [-0.15, -0.1) is 0 Å². The molecule has 434 valence electrons. The van der Waals surface area contributed by atoms with Gasteiger partial charge in [-0.3, -0.25) is 0 Å². The lowest BCUT2D eigenvalue weighted by molar-refractivity contribution is 0.979. The highest BCUT2D eigenvalue weighted by atomic mass is 14.8. The normalized spacial score (nSPS) is 13.1. The summed E-state index contributed by atoms with van der Waals surface area (Å²) in [5.41, 5.74) is 35.4. The third-order valence-electron chi connectivity index (χ3n) is 19.4. The summed E-state index contributed by atoms with van der Waals surface area (Å²) in [6, 6.07) is 0. The van der Waals surface area contributed by atoms with Gasteiger partial charge in [0.1, 0.15) is 0 Å². The van der Waals surface area contributed by atoms with Crippen LogP contribution in [-0.2, 0) is 103 Å². The summed E-state index contributed by atoms with van der Waals surface area (Å²) in [7, 11) is 0. The molecule has 0 aliphatic carbocycles. The second-order valence-corrected chi connectivity index (χ2v) is 23.1. The Hall–Kier alpha value is -6.80. The zero-order valence-corrected chi connectivity index (χ0v) is 53.2. The lowest BCUT2D eigenvalue weighted by atomic mass is 9.91. The molecule has 0 atom stereocenters. The van der Waals surface area contributed by atoms with Crippen LogP contribution < -0.4 is 42.8 Å². The van der Waals surface area contributed by atoms with E-state index in [-0.39, 0.29) is 0 Å². The second kappa shape index (κ2) is 24.6. The smallest absolute Gasteiger partial charge is 0.0473 e. The van der Waals surface area contributed by atoms with Crippen molar-refractivity contribution in [2.24, 2.45) is 0 Å². The van der Waals surface area contributed by atoms with Crippen molar-refractivity contribution in [3.8, 4) is 0 Å². The van der Waals surface area contributed by atoms with E-state index in [4.69, 9.17) is 0 Å². The Balaban J connectivity index is 1.36. The van der Waals surface area contributed by atoms with E-state index in [1.165, 1.54) is 189 Å². The van der Waals surface area contributed by atoms with Crippen molar-refractivity contribution in [1.29, 1.82) is 0 Å². The standard InChI is InChI=1S/C74H98N8/c1-17-41-45(21-5)63-37-67-49(25-9)53(29-13)71(79-67)57(72-54(30-14)50(26-10)68(80-72)38-64-46(22-6)42(18-2)60(76-64)35-59(41)75-63)33-34-58-73-55(31-15)51(27-11)69(81-73)39-65-47(23-7)43(19-3)61(77-65)36-62-44(20-4)48(24-8)66(78-62)40-70-52(28-12)56(32-16)74(58)82-70/h35-40,75-82H,17-34H2,1-16H3. The van der Waals surface area contributed by atoms with Crippen molar-refractivity contribution in [2.45, 2.75) is 226 Å². The molecule has 8 N–H and O–H groups in total. The summed E-state index contributed by atoms with van der Waals surface area (Å²) in [4.78, 5) is 33.3. The van der Waals surface area contributed by atoms with Crippen LogP contribution in [0.15, 0.2) is 0 Å². The Bertz CT molecular complexity index is 3960. The van der Waals surface area contributed by atoms with Gasteiger partial charge in [0.15, 0.2) is 0 Å². The van der Waals surface area contributed by atoms with Crippen LogP contribution in [0.25, 0.3) is 47.6 Å². The third-order valence-corrected chi connectivity index (χ3v) is 19.4. The molecule has 8 nitrogen and oxygen atoms in total. The van der Waals surface area contributed by atoms with E-state index in [1.807, 2.05) is 0 Å². The number of nitrogens with one attached hydrogen (secondary N) is 8. The Morgan fingerprint density at radius 1 is 0.195 bits per heavy atom. The largest absolute Gasteiger partial charge is 0.355 e. The Morgan fingerprint density at radius 3 is 0.622 bits per heavy atom. The molecule has 0 amide bonds. The molecule has 0 saturated carbocycles. The first-order chi connectivity index (χ1) is 39.9. The van der Waals surface area contributed by atoms with Crippen LogP contribution in [-0.4, -0.2) is 39.9 Å². The Morgan fingerprint density at radius 2 is 0.390 bits per heavy atom. The van der Waals surface area contributed by atoms with E-state index in [2.05, 4.69) is 187 Å². The molecule has 2 aliphatic heterocycles. The molecule has 82 heavy (non-hydrogen) atoms. The van der Waals surface area contributed by atoms with Crippen LogP contribution >= 0.6 is 0 Å². The summed E-state index contributed by atoms with van der Waals surface area (Å²) in [5.74, 6) is 0. The van der Waals surface area contributed by atoms with Gasteiger partial charge >= 0.3 is 0 Å². The van der Waals surface area contributed by atoms with E-state index in [1.54, 1.807) is 0 Å². The molecule has 8 aromatic heterocycles. The SMILES string of the molecule is CCc1c2[nH]c(c1CC)C=c1[nH]c(c(CC)c1CC)=C(CCC1=c3[nH]c(c(CC)c3CC)=Cc3[nH]c(c(CC)c3CC)C=c3[nH]c(c(CC)c3CC)=Cc3[nH]c1c(CC)c3CC)c1[nH]c(c(CC)c1CC)C=c1[nH]c(c(CC)c1CC)=C2. The maximum absolute atomic E-state index is 4.29. The van der Waals surface area contributed by atoms with Crippen molar-refractivity contribution in [1.82, 2.24) is 39.9 Å². The molecule has 0 aromatic carbocycles. The minimum atomic E-state index is 0.830. The zero-order chi connectivity index (χ0) is 58.3. The molecule has 10 heterocycles. The van der Waals surface area contributed by atoms with Gasteiger partial charge in [0, 0.05) is 88.3 Å². The number of fused-ring (bicyclic) bond motifs is 16. The number of aromatic nitrogens is 8. The highest BCUT2D eigenvalue weighted by Gasteiger charge is 2.26. The number of aromatic amines is 8. The number of rotatable bonds is 19. The lowest BCUT2D eigenvalue weighted by Gasteiger charge is -2.14. The Kier molecular flexibility index (Phi) is 17.5. The van der Waals surface area contributed by atoms with Gasteiger partial charge < -0.3 is 39.9 Å². The van der Waals surface area contributed by atoms with Crippen LogP contribution in [0.1, 0.15) is 258 Å². The van der Waals surface area contributed by atoms with Crippen LogP contribution in [0.3, 0.4) is 0 Å². The summed E-state index contributed by atoms with van der Waals surface area (Å²) in [6.45, 7) is 37.5. The van der Waals surface area contributed by atoms with Crippen LogP contribution in [0.4, 0.5) is 0 Å². The topological polar surface area (TPSA) is 126 Å². The minimum absolute atomic E-state index is 0.830.